The molecule has 1 heterocycles. The van der Waals surface area contributed by atoms with Crippen molar-refractivity contribution in [1.29, 1.82) is 0 Å². The highest BCUT2D eigenvalue weighted by atomic mass is 16.6. The van der Waals surface area contributed by atoms with Crippen LogP contribution < -0.4 is 10.7 Å². The quantitative estimate of drug-likeness (QED) is 0.347. The Morgan fingerprint density at radius 1 is 1.21 bits per heavy atom. The molecule has 0 aromatic heterocycles. The minimum absolute atomic E-state index is 0.00779. The number of nitro groups is 1. The first kappa shape index (κ1) is 19.0. The maximum atomic E-state index is 12.4. The zero-order valence-corrected chi connectivity index (χ0v) is 14.8. The summed E-state index contributed by atoms with van der Waals surface area (Å²) in [6.07, 6.45) is 4.52. The van der Waals surface area contributed by atoms with Gasteiger partial charge in [0.25, 0.3) is 11.6 Å². The van der Waals surface area contributed by atoms with Crippen LogP contribution in [0.15, 0.2) is 65.8 Å². The topological polar surface area (TPSA) is 114 Å². The molecule has 8 heteroatoms. The van der Waals surface area contributed by atoms with E-state index in [1.807, 2.05) is 30.3 Å². The van der Waals surface area contributed by atoms with Gasteiger partial charge >= 0.3 is 0 Å². The Kier molecular flexibility index (Phi) is 5.91. The Morgan fingerprint density at radius 2 is 2.00 bits per heavy atom. The molecular weight excluding hydrogens is 360 g/mol. The average Bonchev–Trinajstić information content (AvgIpc) is 3.10. The third-order valence-electron chi connectivity index (χ3n) is 4.40. The minimum atomic E-state index is -0.847. The molecule has 2 N–H and O–H groups in total. The predicted molar refractivity (Wildman–Crippen MR) is 104 cm³/mol. The van der Waals surface area contributed by atoms with E-state index in [-0.39, 0.29) is 17.5 Å². The SMILES string of the molecule is O=C1NC[C@@H](c2ccccc2)[C@H]1C(=O)N/N=C/C=C/c1cccc([N+](=O)[O-])c1. The highest BCUT2D eigenvalue weighted by Crippen LogP contribution is 2.28. The number of allylic oxidation sites excluding steroid dienone is 1. The number of carbonyl (C=O) groups is 2. The summed E-state index contributed by atoms with van der Waals surface area (Å²) in [6.45, 7) is 0.400. The molecule has 28 heavy (non-hydrogen) atoms. The van der Waals surface area contributed by atoms with Crippen molar-refractivity contribution in [3.05, 3.63) is 81.9 Å². The van der Waals surface area contributed by atoms with Gasteiger partial charge in [0.2, 0.25) is 5.91 Å². The van der Waals surface area contributed by atoms with Crippen molar-refractivity contribution >= 4 is 29.8 Å². The first-order valence-corrected chi connectivity index (χ1v) is 8.63. The lowest BCUT2D eigenvalue weighted by atomic mass is 9.88. The summed E-state index contributed by atoms with van der Waals surface area (Å²) in [4.78, 5) is 34.8. The van der Waals surface area contributed by atoms with E-state index < -0.39 is 16.7 Å². The summed E-state index contributed by atoms with van der Waals surface area (Å²) in [6, 6.07) is 15.5. The van der Waals surface area contributed by atoms with E-state index in [1.165, 1.54) is 18.3 Å². The summed E-state index contributed by atoms with van der Waals surface area (Å²) in [7, 11) is 0. The first-order valence-electron chi connectivity index (χ1n) is 8.63. The fourth-order valence-corrected chi connectivity index (χ4v) is 3.04. The summed E-state index contributed by atoms with van der Waals surface area (Å²) in [5, 5.41) is 17.3. The summed E-state index contributed by atoms with van der Waals surface area (Å²) in [5.41, 5.74) is 3.92. The van der Waals surface area contributed by atoms with Crippen LogP contribution in [0.2, 0.25) is 0 Å². The van der Waals surface area contributed by atoms with Gasteiger partial charge in [-0.15, -0.1) is 0 Å². The van der Waals surface area contributed by atoms with Crippen LogP contribution in [0.25, 0.3) is 6.08 Å². The zero-order valence-electron chi connectivity index (χ0n) is 14.8. The van der Waals surface area contributed by atoms with Gasteiger partial charge in [-0.05, 0) is 17.2 Å². The number of rotatable bonds is 6. The van der Waals surface area contributed by atoms with Crippen molar-refractivity contribution in [2.45, 2.75) is 5.92 Å². The molecule has 2 amide bonds. The van der Waals surface area contributed by atoms with Crippen molar-refractivity contribution in [2.75, 3.05) is 6.54 Å². The van der Waals surface area contributed by atoms with Crippen molar-refractivity contribution in [3.8, 4) is 0 Å². The van der Waals surface area contributed by atoms with Gasteiger partial charge in [-0.2, -0.15) is 5.10 Å². The van der Waals surface area contributed by atoms with Crippen LogP contribution in [-0.2, 0) is 9.59 Å². The van der Waals surface area contributed by atoms with E-state index in [9.17, 15) is 19.7 Å². The molecule has 1 fully saturated rings. The smallest absolute Gasteiger partial charge is 0.270 e. The minimum Gasteiger partial charge on any atom is -0.355 e. The third kappa shape index (κ3) is 4.47. The molecule has 3 rings (SSSR count). The van der Waals surface area contributed by atoms with E-state index in [1.54, 1.807) is 24.3 Å². The second-order valence-electron chi connectivity index (χ2n) is 6.21. The molecule has 2 atom stereocenters. The Morgan fingerprint density at radius 3 is 2.75 bits per heavy atom. The van der Waals surface area contributed by atoms with Crippen LogP contribution >= 0.6 is 0 Å². The van der Waals surface area contributed by atoms with Crippen LogP contribution in [0.5, 0.6) is 0 Å². The summed E-state index contributed by atoms with van der Waals surface area (Å²) < 4.78 is 0. The van der Waals surface area contributed by atoms with E-state index in [0.717, 1.165) is 5.56 Å². The van der Waals surface area contributed by atoms with Crippen molar-refractivity contribution in [3.63, 3.8) is 0 Å². The fraction of sp³-hybridized carbons (Fsp3) is 0.150. The Bertz CT molecular complexity index is 940. The molecule has 0 spiro atoms. The number of nitrogens with zero attached hydrogens (tertiary/aromatic N) is 2. The van der Waals surface area contributed by atoms with Gasteiger partial charge in [0.15, 0.2) is 0 Å². The zero-order chi connectivity index (χ0) is 19.9. The molecule has 1 saturated heterocycles. The van der Waals surface area contributed by atoms with Gasteiger partial charge in [0.1, 0.15) is 5.92 Å². The molecule has 1 aliphatic heterocycles. The standard InChI is InChI=1S/C20H18N4O4/c25-19-18(17(13-21-19)15-8-2-1-3-9-15)20(26)23-22-11-5-7-14-6-4-10-16(12-14)24(27)28/h1-12,17-18H,13H2,(H,21,25)(H,23,26)/b7-5+,22-11+/t17-,18+/m0/s1. The molecule has 0 bridgehead atoms. The number of carbonyl (C=O) groups excluding carboxylic acids is 2. The molecule has 8 nitrogen and oxygen atoms in total. The predicted octanol–water partition coefficient (Wildman–Crippen LogP) is 2.24. The summed E-state index contributed by atoms with van der Waals surface area (Å²) in [5.74, 6) is -1.90. The summed E-state index contributed by atoms with van der Waals surface area (Å²) >= 11 is 0. The Hall–Kier alpha value is -3.81. The molecule has 0 aliphatic carbocycles. The normalized spacial score (nSPS) is 19.1. The lowest BCUT2D eigenvalue weighted by Gasteiger charge is -2.15. The lowest BCUT2D eigenvalue weighted by Crippen LogP contribution is -2.34. The van der Waals surface area contributed by atoms with E-state index in [0.29, 0.717) is 12.1 Å². The van der Waals surface area contributed by atoms with Gasteiger partial charge in [0.05, 0.1) is 4.92 Å². The van der Waals surface area contributed by atoms with Gasteiger partial charge in [-0.3, -0.25) is 19.7 Å². The van der Waals surface area contributed by atoms with Crippen molar-refractivity contribution in [2.24, 2.45) is 11.0 Å². The number of hydrogen-bond donors (Lipinski definition) is 2. The number of nitrogens with one attached hydrogen (secondary N) is 2. The Labute approximate surface area is 161 Å². The second kappa shape index (κ2) is 8.72. The van der Waals surface area contributed by atoms with E-state index >= 15 is 0 Å². The molecule has 0 saturated carbocycles. The number of amides is 2. The fourth-order valence-electron chi connectivity index (χ4n) is 3.04. The molecule has 2 aromatic carbocycles. The molecule has 2 aromatic rings. The van der Waals surface area contributed by atoms with Crippen molar-refractivity contribution < 1.29 is 14.5 Å². The maximum absolute atomic E-state index is 12.4. The maximum Gasteiger partial charge on any atom is 0.270 e. The van der Waals surface area contributed by atoms with Crippen LogP contribution in [0.1, 0.15) is 17.0 Å². The van der Waals surface area contributed by atoms with E-state index in [4.69, 9.17) is 0 Å². The molecular formula is C20H18N4O4. The van der Waals surface area contributed by atoms with E-state index in [2.05, 4.69) is 15.8 Å². The largest absolute Gasteiger partial charge is 0.355 e. The molecule has 0 unspecified atom stereocenters. The van der Waals surface area contributed by atoms with Gasteiger partial charge in [0, 0.05) is 30.8 Å². The monoisotopic (exact) mass is 378 g/mol. The lowest BCUT2D eigenvalue weighted by molar-refractivity contribution is -0.384. The number of hydrazone groups is 1. The second-order valence-corrected chi connectivity index (χ2v) is 6.21. The van der Waals surface area contributed by atoms with Gasteiger partial charge < -0.3 is 5.32 Å². The highest BCUT2D eigenvalue weighted by Gasteiger charge is 2.40. The molecule has 1 aliphatic rings. The van der Waals surface area contributed by atoms with Gasteiger partial charge in [-0.25, -0.2) is 5.43 Å². The highest BCUT2D eigenvalue weighted by molar-refractivity contribution is 6.03. The van der Waals surface area contributed by atoms with Crippen LogP contribution in [-0.4, -0.2) is 29.5 Å². The average molecular weight is 378 g/mol. The van der Waals surface area contributed by atoms with Crippen LogP contribution in [0, 0.1) is 16.0 Å². The van der Waals surface area contributed by atoms with Gasteiger partial charge in [-0.1, -0.05) is 48.5 Å². The first-order chi connectivity index (χ1) is 13.6. The van der Waals surface area contributed by atoms with Crippen LogP contribution in [0.3, 0.4) is 0 Å². The number of nitro benzene ring substituents is 1. The molecule has 0 radical (unpaired) electrons. The third-order valence-corrected chi connectivity index (χ3v) is 4.40. The Balaban J connectivity index is 1.60. The molecule has 142 valence electrons. The van der Waals surface area contributed by atoms with Crippen LogP contribution in [0.4, 0.5) is 5.69 Å². The van der Waals surface area contributed by atoms with Crippen molar-refractivity contribution in [1.82, 2.24) is 10.7 Å². The number of non-ortho nitro benzene ring substituents is 1. The number of hydrogen-bond acceptors (Lipinski definition) is 5. The number of benzene rings is 2.